The smallest absolute Gasteiger partial charge is 0.257 e. The molecule has 0 unspecified atom stereocenters. The van der Waals surface area contributed by atoms with E-state index in [1.165, 1.54) is 8.61 Å². The molecule has 1 heterocycles. The molecule has 1 aliphatic rings. The first-order valence-electron chi connectivity index (χ1n) is 5.23. The van der Waals surface area contributed by atoms with E-state index in [0.29, 0.717) is 6.54 Å². The first kappa shape index (κ1) is 11.4. The summed E-state index contributed by atoms with van der Waals surface area (Å²) in [6.07, 6.45) is 0.796. The molecule has 1 aliphatic heterocycles. The van der Waals surface area contributed by atoms with Gasteiger partial charge in [-0.05, 0) is 24.5 Å². The number of hydrogen-bond acceptors (Lipinski definition) is 2. The Morgan fingerprint density at radius 3 is 2.62 bits per heavy atom. The lowest BCUT2D eigenvalue weighted by Crippen LogP contribution is -2.39. The maximum atomic E-state index is 12.1. The zero-order valence-electron chi connectivity index (χ0n) is 9.77. The minimum atomic E-state index is -3.35. The van der Waals surface area contributed by atoms with Crippen LogP contribution >= 0.6 is 0 Å². The Morgan fingerprint density at radius 1 is 1.31 bits per heavy atom. The Balaban J connectivity index is 2.53. The van der Waals surface area contributed by atoms with Gasteiger partial charge in [0.05, 0.1) is 5.69 Å². The van der Waals surface area contributed by atoms with E-state index < -0.39 is 10.2 Å². The molecule has 16 heavy (non-hydrogen) atoms. The summed E-state index contributed by atoms with van der Waals surface area (Å²) in [4.78, 5) is 0. The van der Waals surface area contributed by atoms with Gasteiger partial charge in [-0.1, -0.05) is 18.2 Å². The Kier molecular flexibility index (Phi) is 2.67. The molecule has 0 spiro atoms. The summed E-state index contributed by atoms with van der Waals surface area (Å²) in [5.74, 6) is 0. The molecule has 0 amide bonds. The monoisotopic (exact) mass is 240 g/mol. The van der Waals surface area contributed by atoms with Crippen LogP contribution in [0, 0.1) is 6.92 Å². The third-order valence-electron chi connectivity index (χ3n) is 2.89. The van der Waals surface area contributed by atoms with Crippen molar-refractivity contribution >= 4 is 15.9 Å². The van der Waals surface area contributed by atoms with Gasteiger partial charge in [0.1, 0.15) is 0 Å². The van der Waals surface area contributed by atoms with Crippen LogP contribution in [0.3, 0.4) is 0 Å². The largest absolute Gasteiger partial charge is 0.303 e. The summed E-state index contributed by atoms with van der Waals surface area (Å²) in [6, 6.07) is 5.91. The molecule has 0 fully saturated rings. The van der Waals surface area contributed by atoms with E-state index in [0.717, 1.165) is 23.2 Å². The van der Waals surface area contributed by atoms with Crippen LogP contribution in [0.4, 0.5) is 5.69 Å². The summed E-state index contributed by atoms with van der Waals surface area (Å²) in [6.45, 7) is 2.49. The van der Waals surface area contributed by atoms with Gasteiger partial charge in [-0.2, -0.15) is 12.7 Å². The molecule has 0 radical (unpaired) electrons. The van der Waals surface area contributed by atoms with Crippen LogP contribution in [-0.4, -0.2) is 33.4 Å². The molecule has 4 nitrogen and oxygen atoms in total. The van der Waals surface area contributed by atoms with Crippen LogP contribution in [0.5, 0.6) is 0 Å². The topological polar surface area (TPSA) is 40.6 Å². The van der Waals surface area contributed by atoms with E-state index in [1.54, 1.807) is 14.1 Å². The fourth-order valence-electron chi connectivity index (χ4n) is 2.04. The van der Waals surface area contributed by atoms with Crippen molar-refractivity contribution in [2.45, 2.75) is 13.3 Å². The highest BCUT2D eigenvalue weighted by Gasteiger charge is 2.31. The highest BCUT2D eigenvalue weighted by molar-refractivity contribution is 7.90. The molecule has 0 N–H and O–H groups in total. The highest BCUT2D eigenvalue weighted by Crippen LogP contribution is 2.33. The van der Waals surface area contributed by atoms with Crippen molar-refractivity contribution in [2.75, 3.05) is 24.9 Å². The second-order valence-electron chi connectivity index (χ2n) is 4.19. The zero-order valence-corrected chi connectivity index (χ0v) is 10.6. The van der Waals surface area contributed by atoms with Gasteiger partial charge in [0, 0.05) is 20.6 Å². The van der Waals surface area contributed by atoms with Crippen LogP contribution < -0.4 is 4.31 Å². The number of anilines is 1. The van der Waals surface area contributed by atoms with Gasteiger partial charge in [-0.25, -0.2) is 0 Å². The molecule has 0 atom stereocenters. The maximum Gasteiger partial charge on any atom is 0.303 e. The molecule has 0 bridgehead atoms. The maximum absolute atomic E-state index is 12.1. The number of benzene rings is 1. The normalized spacial score (nSPS) is 15.6. The zero-order chi connectivity index (χ0) is 11.9. The van der Waals surface area contributed by atoms with Crippen LogP contribution in [0.15, 0.2) is 18.2 Å². The lowest BCUT2D eigenvalue weighted by Gasteiger charge is -2.24. The summed E-state index contributed by atoms with van der Waals surface area (Å²) < 4.78 is 27.0. The van der Waals surface area contributed by atoms with Gasteiger partial charge in [-0.3, -0.25) is 4.31 Å². The quantitative estimate of drug-likeness (QED) is 0.778. The molecule has 88 valence electrons. The molecule has 1 aromatic rings. The Morgan fingerprint density at radius 2 is 2.00 bits per heavy atom. The second-order valence-corrected chi connectivity index (χ2v) is 6.26. The van der Waals surface area contributed by atoms with Gasteiger partial charge in [0.15, 0.2) is 0 Å². The molecule has 0 aromatic heterocycles. The average Bonchev–Trinajstić information content (AvgIpc) is 2.63. The number of hydrogen-bond donors (Lipinski definition) is 0. The third-order valence-corrected chi connectivity index (χ3v) is 4.74. The van der Waals surface area contributed by atoms with Crippen molar-refractivity contribution in [1.29, 1.82) is 0 Å². The number of nitrogens with zero attached hydrogens (tertiary/aromatic N) is 2. The average molecular weight is 240 g/mol. The van der Waals surface area contributed by atoms with Crippen molar-refractivity contribution in [3.8, 4) is 0 Å². The lowest BCUT2D eigenvalue weighted by molar-refractivity contribution is 0.517. The summed E-state index contributed by atoms with van der Waals surface area (Å²) >= 11 is 0. The fraction of sp³-hybridized carbons (Fsp3) is 0.455. The van der Waals surface area contributed by atoms with Crippen molar-refractivity contribution in [3.05, 3.63) is 29.3 Å². The van der Waals surface area contributed by atoms with E-state index in [-0.39, 0.29) is 0 Å². The van der Waals surface area contributed by atoms with Gasteiger partial charge < -0.3 is 0 Å². The summed E-state index contributed by atoms with van der Waals surface area (Å²) in [7, 11) is -0.224. The van der Waals surface area contributed by atoms with Gasteiger partial charge in [0.25, 0.3) is 0 Å². The number of fused-ring (bicyclic) bond motifs is 1. The van der Waals surface area contributed by atoms with E-state index in [1.807, 2.05) is 25.1 Å². The molecule has 5 heteroatoms. The van der Waals surface area contributed by atoms with Gasteiger partial charge in [0.2, 0.25) is 0 Å². The van der Waals surface area contributed by atoms with Crippen molar-refractivity contribution in [3.63, 3.8) is 0 Å². The Labute approximate surface area is 96.7 Å². The third kappa shape index (κ3) is 1.60. The molecule has 0 saturated carbocycles. The van der Waals surface area contributed by atoms with E-state index >= 15 is 0 Å². The van der Waals surface area contributed by atoms with Crippen LogP contribution in [0.1, 0.15) is 11.1 Å². The lowest BCUT2D eigenvalue weighted by atomic mass is 10.1. The Hall–Kier alpha value is -1.07. The Bertz CT molecular complexity index is 509. The number of para-hydroxylation sites is 1. The van der Waals surface area contributed by atoms with E-state index in [2.05, 4.69) is 0 Å². The van der Waals surface area contributed by atoms with E-state index in [9.17, 15) is 8.42 Å². The summed E-state index contributed by atoms with van der Waals surface area (Å²) in [5.41, 5.74) is 2.99. The van der Waals surface area contributed by atoms with Crippen LogP contribution in [0.25, 0.3) is 0 Å². The van der Waals surface area contributed by atoms with Crippen molar-refractivity contribution in [1.82, 2.24) is 4.31 Å². The highest BCUT2D eigenvalue weighted by atomic mass is 32.2. The van der Waals surface area contributed by atoms with E-state index in [4.69, 9.17) is 0 Å². The van der Waals surface area contributed by atoms with Crippen molar-refractivity contribution < 1.29 is 8.42 Å². The first-order valence-corrected chi connectivity index (χ1v) is 6.63. The molecule has 0 saturated heterocycles. The molecule has 2 rings (SSSR count). The SMILES string of the molecule is Cc1cccc2c1N(S(=O)(=O)N(C)C)CC2. The predicted molar refractivity (Wildman–Crippen MR) is 64.8 cm³/mol. The molecular weight excluding hydrogens is 224 g/mol. The molecule has 1 aromatic carbocycles. The van der Waals surface area contributed by atoms with Crippen LogP contribution in [0.2, 0.25) is 0 Å². The first-order chi connectivity index (χ1) is 7.44. The minimum absolute atomic E-state index is 0.542. The molecular formula is C11H16N2O2S. The predicted octanol–water partition coefficient (Wildman–Crippen LogP) is 1.16. The fourth-order valence-corrected chi connectivity index (χ4v) is 3.25. The number of aryl methyl sites for hydroxylation is 1. The standard InChI is InChI=1S/C11H16N2O2S/c1-9-5-4-6-10-7-8-13(11(9)10)16(14,15)12(2)3/h4-6H,7-8H2,1-3H3. The number of rotatable bonds is 2. The minimum Gasteiger partial charge on any atom is -0.257 e. The van der Waals surface area contributed by atoms with Crippen molar-refractivity contribution in [2.24, 2.45) is 0 Å². The summed E-state index contributed by atoms with van der Waals surface area (Å²) in [5, 5.41) is 0. The van der Waals surface area contributed by atoms with Gasteiger partial charge in [-0.15, -0.1) is 0 Å². The molecule has 0 aliphatic carbocycles. The van der Waals surface area contributed by atoms with Gasteiger partial charge >= 0.3 is 10.2 Å². The second kappa shape index (κ2) is 3.75. The van der Waals surface area contributed by atoms with Crippen LogP contribution in [-0.2, 0) is 16.6 Å².